The number of nitrogens with zero attached hydrogens (tertiary/aromatic N) is 3. The standard InChI is InChI=1S/C12H18N4O3/c1-4-16(7-11(17)15-8(2)3)10-6-13-9(5-14-10)12(18)19/h5-6,8H,4,7H2,1-3H3,(H,15,17)(H,18,19). The average Bonchev–Trinajstić information content (AvgIpc) is 2.35. The van der Waals surface area contributed by atoms with Crippen molar-refractivity contribution in [3.8, 4) is 0 Å². The first kappa shape index (κ1) is 14.9. The van der Waals surface area contributed by atoms with Crippen LogP contribution in [-0.4, -0.2) is 46.1 Å². The van der Waals surface area contributed by atoms with E-state index in [1.54, 1.807) is 4.90 Å². The summed E-state index contributed by atoms with van der Waals surface area (Å²) in [4.78, 5) is 31.9. The van der Waals surface area contributed by atoms with Crippen LogP contribution < -0.4 is 10.2 Å². The monoisotopic (exact) mass is 266 g/mol. The largest absolute Gasteiger partial charge is 0.476 e. The van der Waals surface area contributed by atoms with Gasteiger partial charge in [-0.2, -0.15) is 0 Å². The van der Waals surface area contributed by atoms with E-state index in [9.17, 15) is 9.59 Å². The molecule has 0 bridgehead atoms. The molecule has 2 N–H and O–H groups in total. The highest BCUT2D eigenvalue weighted by Crippen LogP contribution is 2.08. The number of aromatic carboxylic acids is 1. The van der Waals surface area contributed by atoms with Crippen molar-refractivity contribution >= 4 is 17.7 Å². The zero-order valence-corrected chi connectivity index (χ0v) is 11.3. The first-order valence-corrected chi connectivity index (χ1v) is 6.03. The van der Waals surface area contributed by atoms with Crippen molar-refractivity contribution in [3.05, 3.63) is 18.1 Å². The number of hydrogen-bond donors (Lipinski definition) is 2. The van der Waals surface area contributed by atoms with Gasteiger partial charge >= 0.3 is 5.97 Å². The molecule has 1 rings (SSSR count). The van der Waals surface area contributed by atoms with Gasteiger partial charge in [-0.05, 0) is 20.8 Å². The first-order valence-electron chi connectivity index (χ1n) is 6.03. The van der Waals surface area contributed by atoms with Crippen LogP contribution in [0.1, 0.15) is 31.3 Å². The number of carboxylic acid groups (broad SMARTS) is 1. The maximum atomic E-state index is 11.7. The van der Waals surface area contributed by atoms with Gasteiger partial charge in [-0.15, -0.1) is 0 Å². The van der Waals surface area contributed by atoms with Gasteiger partial charge in [-0.3, -0.25) is 4.79 Å². The fourth-order valence-electron chi connectivity index (χ4n) is 1.49. The number of likely N-dealkylation sites (N-methyl/N-ethyl adjacent to an activating group) is 1. The number of aromatic nitrogens is 2. The van der Waals surface area contributed by atoms with Crippen LogP contribution in [0.4, 0.5) is 5.82 Å². The molecular formula is C12H18N4O3. The second-order valence-corrected chi connectivity index (χ2v) is 4.30. The van der Waals surface area contributed by atoms with Gasteiger partial charge < -0.3 is 15.3 Å². The van der Waals surface area contributed by atoms with Crippen LogP contribution in [-0.2, 0) is 4.79 Å². The van der Waals surface area contributed by atoms with Gasteiger partial charge in [0.25, 0.3) is 0 Å². The number of amides is 1. The fourth-order valence-corrected chi connectivity index (χ4v) is 1.49. The summed E-state index contributed by atoms with van der Waals surface area (Å²) < 4.78 is 0. The van der Waals surface area contributed by atoms with Gasteiger partial charge in [-0.1, -0.05) is 0 Å². The van der Waals surface area contributed by atoms with Crippen molar-refractivity contribution in [2.24, 2.45) is 0 Å². The Morgan fingerprint density at radius 3 is 2.47 bits per heavy atom. The normalized spacial score (nSPS) is 10.3. The number of nitrogens with one attached hydrogen (secondary N) is 1. The van der Waals surface area contributed by atoms with E-state index in [2.05, 4.69) is 15.3 Å². The third kappa shape index (κ3) is 4.53. The maximum absolute atomic E-state index is 11.7. The summed E-state index contributed by atoms with van der Waals surface area (Å²) in [6.07, 6.45) is 2.54. The molecule has 0 atom stereocenters. The minimum absolute atomic E-state index is 0.0756. The van der Waals surface area contributed by atoms with Crippen LogP contribution >= 0.6 is 0 Å². The molecule has 1 aromatic rings. The summed E-state index contributed by atoms with van der Waals surface area (Å²) in [7, 11) is 0. The van der Waals surface area contributed by atoms with Crippen LogP contribution in [0, 0.1) is 0 Å². The first-order chi connectivity index (χ1) is 8.93. The number of rotatable bonds is 6. The minimum Gasteiger partial charge on any atom is -0.476 e. The molecule has 7 nitrogen and oxygen atoms in total. The van der Waals surface area contributed by atoms with Crippen molar-refractivity contribution in [2.45, 2.75) is 26.8 Å². The SMILES string of the molecule is CCN(CC(=O)NC(C)C)c1cnc(C(=O)O)cn1. The average molecular weight is 266 g/mol. The van der Waals surface area contributed by atoms with Crippen molar-refractivity contribution in [1.29, 1.82) is 0 Å². The molecule has 0 unspecified atom stereocenters. The lowest BCUT2D eigenvalue weighted by molar-refractivity contribution is -0.120. The van der Waals surface area contributed by atoms with Gasteiger partial charge in [-0.25, -0.2) is 14.8 Å². The molecule has 1 amide bonds. The Balaban J connectivity index is 2.74. The summed E-state index contributed by atoms with van der Waals surface area (Å²) in [6.45, 7) is 6.39. The van der Waals surface area contributed by atoms with Gasteiger partial charge in [0.15, 0.2) is 5.69 Å². The Labute approximate surface area is 111 Å². The summed E-state index contributed by atoms with van der Waals surface area (Å²) in [5, 5.41) is 11.5. The summed E-state index contributed by atoms with van der Waals surface area (Å²) in [5.74, 6) is -0.757. The molecule has 0 saturated carbocycles. The topological polar surface area (TPSA) is 95.4 Å². The van der Waals surface area contributed by atoms with Crippen molar-refractivity contribution in [3.63, 3.8) is 0 Å². The van der Waals surface area contributed by atoms with E-state index < -0.39 is 5.97 Å². The van der Waals surface area contributed by atoms with Crippen molar-refractivity contribution in [2.75, 3.05) is 18.0 Å². The Kier molecular flexibility index (Phi) is 5.23. The minimum atomic E-state index is -1.13. The number of carboxylic acids is 1. The van der Waals surface area contributed by atoms with Crippen molar-refractivity contribution in [1.82, 2.24) is 15.3 Å². The molecule has 0 saturated heterocycles. The molecule has 0 aliphatic rings. The van der Waals surface area contributed by atoms with Crippen LogP contribution in [0.3, 0.4) is 0 Å². The number of carbonyl (C=O) groups is 2. The molecule has 19 heavy (non-hydrogen) atoms. The fraction of sp³-hybridized carbons (Fsp3) is 0.500. The number of anilines is 1. The summed E-state index contributed by atoms with van der Waals surface area (Å²) in [5.41, 5.74) is -0.119. The maximum Gasteiger partial charge on any atom is 0.356 e. The Morgan fingerprint density at radius 2 is 2.05 bits per heavy atom. The van der Waals surface area contributed by atoms with Crippen molar-refractivity contribution < 1.29 is 14.7 Å². The van der Waals surface area contributed by atoms with Crippen LogP contribution in [0.2, 0.25) is 0 Å². The molecular weight excluding hydrogens is 248 g/mol. The molecule has 0 aliphatic carbocycles. The molecule has 0 fully saturated rings. The molecule has 0 radical (unpaired) electrons. The number of carbonyl (C=O) groups excluding carboxylic acids is 1. The lowest BCUT2D eigenvalue weighted by atomic mass is 10.3. The lowest BCUT2D eigenvalue weighted by Gasteiger charge is -2.21. The van der Waals surface area contributed by atoms with Crippen LogP contribution in [0.15, 0.2) is 12.4 Å². The molecule has 1 aromatic heterocycles. The van der Waals surface area contributed by atoms with E-state index in [0.29, 0.717) is 12.4 Å². The van der Waals surface area contributed by atoms with Gasteiger partial charge in [0.05, 0.1) is 18.9 Å². The predicted octanol–water partition coefficient (Wildman–Crippen LogP) is 0.526. The van der Waals surface area contributed by atoms with E-state index in [0.717, 1.165) is 0 Å². The zero-order valence-electron chi connectivity index (χ0n) is 11.3. The second kappa shape index (κ2) is 6.67. The smallest absolute Gasteiger partial charge is 0.356 e. The third-order valence-electron chi connectivity index (χ3n) is 2.35. The van der Waals surface area contributed by atoms with Gasteiger partial charge in [0.2, 0.25) is 5.91 Å². The summed E-state index contributed by atoms with van der Waals surface area (Å²) in [6, 6.07) is 0.0756. The van der Waals surface area contributed by atoms with Crippen LogP contribution in [0.5, 0.6) is 0 Å². The highest BCUT2D eigenvalue weighted by molar-refractivity contribution is 5.85. The Morgan fingerprint density at radius 1 is 1.37 bits per heavy atom. The Bertz CT molecular complexity index is 445. The summed E-state index contributed by atoms with van der Waals surface area (Å²) >= 11 is 0. The van der Waals surface area contributed by atoms with Gasteiger partial charge in [0, 0.05) is 12.6 Å². The lowest BCUT2D eigenvalue weighted by Crippen LogP contribution is -2.40. The highest BCUT2D eigenvalue weighted by atomic mass is 16.4. The van der Waals surface area contributed by atoms with E-state index in [1.807, 2.05) is 20.8 Å². The van der Waals surface area contributed by atoms with E-state index in [-0.39, 0.29) is 24.2 Å². The van der Waals surface area contributed by atoms with E-state index in [1.165, 1.54) is 12.4 Å². The highest BCUT2D eigenvalue weighted by Gasteiger charge is 2.13. The molecule has 0 aromatic carbocycles. The Hall–Kier alpha value is -2.18. The molecule has 7 heteroatoms. The van der Waals surface area contributed by atoms with E-state index >= 15 is 0 Å². The molecule has 0 spiro atoms. The molecule has 1 heterocycles. The third-order valence-corrected chi connectivity index (χ3v) is 2.35. The quantitative estimate of drug-likeness (QED) is 0.779. The van der Waals surface area contributed by atoms with E-state index in [4.69, 9.17) is 5.11 Å². The number of hydrogen-bond acceptors (Lipinski definition) is 5. The molecule has 0 aliphatic heterocycles. The molecule has 104 valence electrons. The predicted molar refractivity (Wildman–Crippen MR) is 70.2 cm³/mol. The van der Waals surface area contributed by atoms with Crippen LogP contribution in [0.25, 0.3) is 0 Å². The zero-order chi connectivity index (χ0) is 14.4. The second-order valence-electron chi connectivity index (χ2n) is 4.30. The van der Waals surface area contributed by atoms with Gasteiger partial charge in [0.1, 0.15) is 5.82 Å².